The van der Waals surface area contributed by atoms with Crippen LogP contribution in [0.5, 0.6) is 0 Å². The van der Waals surface area contributed by atoms with Crippen LogP contribution in [0.2, 0.25) is 0 Å². The lowest BCUT2D eigenvalue weighted by molar-refractivity contribution is 0.667. The maximum absolute atomic E-state index is 4.57. The lowest BCUT2D eigenvalue weighted by atomic mass is 9.99. The van der Waals surface area contributed by atoms with Crippen molar-refractivity contribution >= 4 is 0 Å². The fourth-order valence-electron chi connectivity index (χ4n) is 3.47. The second kappa shape index (κ2) is 10.1. The van der Waals surface area contributed by atoms with Crippen LogP contribution in [0.25, 0.3) is 22.3 Å². The number of benzene rings is 2. The van der Waals surface area contributed by atoms with Gasteiger partial charge >= 0.3 is 0 Å². The predicted molar refractivity (Wildman–Crippen MR) is 117 cm³/mol. The third kappa shape index (κ3) is 5.53. The topological polar surface area (TPSA) is 12.9 Å². The number of pyridine rings is 1. The van der Waals surface area contributed by atoms with Gasteiger partial charge in [0.1, 0.15) is 0 Å². The van der Waals surface area contributed by atoms with Crippen LogP contribution in [-0.2, 0) is 12.8 Å². The molecule has 0 aliphatic heterocycles. The molecule has 1 nitrogen and oxygen atoms in total. The van der Waals surface area contributed by atoms with Crippen molar-refractivity contribution < 1.29 is 0 Å². The van der Waals surface area contributed by atoms with Crippen molar-refractivity contribution in [2.45, 2.75) is 58.8 Å². The molecule has 0 radical (unpaired) electrons. The number of aromatic nitrogens is 1. The molecule has 0 N–H and O–H groups in total. The number of hydrogen-bond acceptors (Lipinski definition) is 1. The minimum atomic E-state index is 1.05. The minimum absolute atomic E-state index is 1.05. The van der Waals surface area contributed by atoms with Crippen LogP contribution in [0.1, 0.15) is 57.2 Å². The van der Waals surface area contributed by atoms with Crippen LogP contribution >= 0.6 is 0 Å². The van der Waals surface area contributed by atoms with Crippen LogP contribution in [0.4, 0.5) is 0 Å². The molecule has 0 saturated heterocycles. The SMILES string of the molecule is CCCCCCc1ccc(-c2ccc(-c3ccc(CCC)nc3)cc2)cc1. The molecule has 0 aliphatic carbocycles. The zero-order chi connectivity index (χ0) is 18.9. The summed E-state index contributed by atoms with van der Waals surface area (Å²) < 4.78 is 0. The van der Waals surface area contributed by atoms with Crippen molar-refractivity contribution in [3.8, 4) is 22.3 Å². The number of aryl methyl sites for hydroxylation is 2. The summed E-state index contributed by atoms with van der Waals surface area (Å²) in [6, 6.07) is 22.2. The van der Waals surface area contributed by atoms with Gasteiger partial charge in [0, 0.05) is 17.5 Å². The van der Waals surface area contributed by atoms with Gasteiger partial charge in [-0.1, -0.05) is 94.1 Å². The molecule has 0 amide bonds. The van der Waals surface area contributed by atoms with Gasteiger partial charge in [0.25, 0.3) is 0 Å². The van der Waals surface area contributed by atoms with Crippen LogP contribution in [0.3, 0.4) is 0 Å². The first kappa shape index (κ1) is 19.4. The van der Waals surface area contributed by atoms with E-state index in [1.54, 1.807) is 0 Å². The van der Waals surface area contributed by atoms with Crippen molar-refractivity contribution in [1.29, 1.82) is 0 Å². The molecule has 140 valence electrons. The molecule has 0 aliphatic rings. The second-order valence-corrected chi connectivity index (χ2v) is 7.37. The third-order valence-electron chi connectivity index (χ3n) is 5.16. The average molecular weight is 358 g/mol. The molecule has 1 heterocycles. The summed E-state index contributed by atoms with van der Waals surface area (Å²) in [5.41, 5.74) is 7.59. The number of unbranched alkanes of at least 4 members (excludes halogenated alkanes) is 3. The molecule has 0 bridgehead atoms. The van der Waals surface area contributed by atoms with Crippen molar-refractivity contribution in [1.82, 2.24) is 4.98 Å². The van der Waals surface area contributed by atoms with Crippen LogP contribution in [-0.4, -0.2) is 4.98 Å². The third-order valence-corrected chi connectivity index (χ3v) is 5.16. The van der Waals surface area contributed by atoms with Crippen molar-refractivity contribution in [3.63, 3.8) is 0 Å². The van der Waals surface area contributed by atoms with Gasteiger partial charge in [-0.3, -0.25) is 4.98 Å². The first-order valence-corrected chi connectivity index (χ1v) is 10.4. The highest BCUT2D eigenvalue weighted by atomic mass is 14.7. The van der Waals surface area contributed by atoms with E-state index in [9.17, 15) is 0 Å². The van der Waals surface area contributed by atoms with Crippen molar-refractivity contribution in [2.75, 3.05) is 0 Å². The Labute approximate surface area is 164 Å². The van der Waals surface area contributed by atoms with Gasteiger partial charge in [-0.2, -0.15) is 0 Å². The molecule has 1 aromatic heterocycles. The molecule has 1 heteroatoms. The Balaban J connectivity index is 1.64. The fraction of sp³-hybridized carbons (Fsp3) is 0.346. The lowest BCUT2D eigenvalue weighted by Crippen LogP contribution is -1.89. The Morgan fingerprint density at radius 1 is 0.556 bits per heavy atom. The molecular weight excluding hydrogens is 326 g/mol. The number of hydrogen-bond donors (Lipinski definition) is 0. The minimum Gasteiger partial charge on any atom is -0.261 e. The molecular formula is C26H31N. The van der Waals surface area contributed by atoms with Gasteiger partial charge in [-0.15, -0.1) is 0 Å². The molecule has 0 unspecified atom stereocenters. The monoisotopic (exact) mass is 357 g/mol. The molecule has 2 aromatic carbocycles. The normalized spacial score (nSPS) is 10.9. The highest BCUT2D eigenvalue weighted by molar-refractivity contribution is 5.70. The molecule has 0 fully saturated rings. The summed E-state index contributed by atoms with van der Waals surface area (Å²) in [6.07, 6.45) is 10.7. The van der Waals surface area contributed by atoms with E-state index in [1.165, 1.54) is 65.6 Å². The maximum Gasteiger partial charge on any atom is 0.0403 e. The molecule has 0 spiro atoms. The van der Waals surface area contributed by atoms with Gasteiger partial charge in [-0.25, -0.2) is 0 Å². The number of rotatable bonds is 9. The Morgan fingerprint density at radius 2 is 1.15 bits per heavy atom. The highest BCUT2D eigenvalue weighted by Gasteiger charge is 2.02. The fourth-order valence-corrected chi connectivity index (χ4v) is 3.47. The quantitative estimate of drug-likeness (QED) is 0.361. The Kier molecular flexibility index (Phi) is 7.21. The Hall–Kier alpha value is -2.41. The van der Waals surface area contributed by atoms with Gasteiger partial charge in [0.15, 0.2) is 0 Å². The van der Waals surface area contributed by atoms with E-state index in [0.29, 0.717) is 0 Å². The van der Waals surface area contributed by atoms with Crippen LogP contribution < -0.4 is 0 Å². The average Bonchev–Trinajstić information content (AvgIpc) is 2.73. The maximum atomic E-state index is 4.57. The lowest BCUT2D eigenvalue weighted by Gasteiger charge is -2.07. The van der Waals surface area contributed by atoms with E-state index in [1.807, 2.05) is 6.20 Å². The van der Waals surface area contributed by atoms with E-state index in [2.05, 4.69) is 79.5 Å². The van der Waals surface area contributed by atoms with Gasteiger partial charge in [-0.05, 0) is 47.6 Å². The van der Waals surface area contributed by atoms with E-state index in [4.69, 9.17) is 0 Å². The van der Waals surface area contributed by atoms with Crippen LogP contribution in [0.15, 0.2) is 66.9 Å². The molecule has 0 saturated carbocycles. The molecule has 0 atom stereocenters. The van der Waals surface area contributed by atoms with E-state index >= 15 is 0 Å². The smallest absolute Gasteiger partial charge is 0.0403 e. The Morgan fingerprint density at radius 3 is 1.70 bits per heavy atom. The summed E-state index contributed by atoms with van der Waals surface area (Å²) in [4.78, 5) is 4.57. The van der Waals surface area contributed by atoms with Crippen molar-refractivity contribution in [3.05, 3.63) is 78.1 Å². The standard InChI is InChI=1S/C26H31N/c1-3-5-6-7-9-21-10-12-22(13-11-21)23-14-16-24(17-15-23)25-18-19-26(8-4-2)27-20-25/h10-20H,3-9H2,1-2H3. The summed E-state index contributed by atoms with van der Waals surface area (Å²) in [6.45, 7) is 4.45. The van der Waals surface area contributed by atoms with Crippen LogP contribution in [0, 0.1) is 0 Å². The zero-order valence-electron chi connectivity index (χ0n) is 16.7. The molecule has 3 aromatic rings. The Bertz CT molecular complexity index is 798. The van der Waals surface area contributed by atoms with Crippen molar-refractivity contribution in [2.24, 2.45) is 0 Å². The van der Waals surface area contributed by atoms with E-state index < -0.39 is 0 Å². The largest absolute Gasteiger partial charge is 0.261 e. The van der Waals surface area contributed by atoms with Gasteiger partial charge in [0.05, 0.1) is 0 Å². The van der Waals surface area contributed by atoms with E-state index in [0.717, 1.165) is 12.8 Å². The summed E-state index contributed by atoms with van der Waals surface area (Å²) in [7, 11) is 0. The molecule has 27 heavy (non-hydrogen) atoms. The molecule has 3 rings (SSSR count). The summed E-state index contributed by atoms with van der Waals surface area (Å²) >= 11 is 0. The van der Waals surface area contributed by atoms with Gasteiger partial charge in [0.2, 0.25) is 0 Å². The van der Waals surface area contributed by atoms with E-state index in [-0.39, 0.29) is 0 Å². The van der Waals surface area contributed by atoms with Gasteiger partial charge < -0.3 is 0 Å². The summed E-state index contributed by atoms with van der Waals surface area (Å²) in [5, 5.41) is 0. The summed E-state index contributed by atoms with van der Waals surface area (Å²) in [5.74, 6) is 0. The second-order valence-electron chi connectivity index (χ2n) is 7.37. The zero-order valence-corrected chi connectivity index (χ0v) is 16.7. The predicted octanol–water partition coefficient (Wildman–Crippen LogP) is 7.49. The number of nitrogens with zero attached hydrogens (tertiary/aromatic N) is 1. The highest BCUT2D eigenvalue weighted by Crippen LogP contribution is 2.25. The first-order valence-electron chi connectivity index (χ1n) is 10.4. The first-order chi connectivity index (χ1) is 13.3.